The molecule has 3 nitrogen and oxygen atoms in total. The lowest BCUT2D eigenvalue weighted by atomic mass is 10.1. The van der Waals surface area contributed by atoms with Crippen molar-refractivity contribution in [3.8, 4) is 0 Å². The van der Waals surface area contributed by atoms with Crippen LogP contribution in [-0.2, 0) is 13.2 Å². The van der Waals surface area contributed by atoms with Crippen molar-refractivity contribution in [3.05, 3.63) is 29.3 Å². The molecule has 0 amide bonds. The van der Waals surface area contributed by atoms with Crippen molar-refractivity contribution in [1.29, 1.82) is 0 Å². The molecule has 0 aliphatic rings. The molecule has 0 aromatic heterocycles. The molecule has 1 aromatic carbocycles. The molecule has 1 rings (SSSR count). The zero-order chi connectivity index (χ0) is 11.4. The van der Waals surface area contributed by atoms with E-state index in [2.05, 4.69) is 18.7 Å². The van der Waals surface area contributed by atoms with Crippen molar-refractivity contribution in [1.82, 2.24) is 0 Å². The minimum atomic E-state index is 0.00672. The molecule has 0 spiro atoms. The van der Waals surface area contributed by atoms with Crippen molar-refractivity contribution < 1.29 is 10.2 Å². The van der Waals surface area contributed by atoms with Gasteiger partial charge in [-0.05, 0) is 37.1 Å². The molecule has 1 aromatic rings. The first-order valence-corrected chi connectivity index (χ1v) is 5.16. The first kappa shape index (κ1) is 12.0. The summed E-state index contributed by atoms with van der Waals surface area (Å²) < 4.78 is 0. The van der Waals surface area contributed by atoms with E-state index in [9.17, 15) is 0 Å². The molecule has 0 unspecified atom stereocenters. The molecule has 2 N–H and O–H groups in total. The predicted molar refractivity (Wildman–Crippen MR) is 61.8 cm³/mol. The van der Waals surface area contributed by atoms with E-state index in [0.717, 1.165) is 16.8 Å². The van der Waals surface area contributed by atoms with Gasteiger partial charge in [0.2, 0.25) is 0 Å². The maximum atomic E-state index is 9.10. The van der Waals surface area contributed by atoms with E-state index in [0.29, 0.717) is 6.04 Å². The van der Waals surface area contributed by atoms with Gasteiger partial charge in [-0.25, -0.2) is 0 Å². The number of nitrogens with zero attached hydrogens (tertiary/aromatic N) is 1. The summed E-state index contributed by atoms with van der Waals surface area (Å²) in [4.78, 5) is 2.11. The highest BCUT2D eigenvalue weighted by atomic mass is 16.3. The summed E-state index contributed by atoms with van der Waals surface area (Å²) in [5, 5.41) is 18.2. The van der Waals surface area contributed by atoms with E-state index >= 15 is 0 Å². The van der Waals surface area contributed by atoms with Crippen molar-refractivity contribution >= 4 is 5.69 Å². The fourth-order valence-electron chi connectivity index (χ4n) is 1.43. The summed E-state index contributed by atoms with van der Waals surface area (Å²) in [7, 11) is 2.00. The maximum Gasteiger partial charge on any atom is 0.0682 e. The number of aliphatic hydroxyl groups is 2. The van der Waals surface area contributed by atoms with Crippen molar-refractivity contribution in [3.63, 3.8) is 0 Å². The number of anilines is 1. The van der Waals surface area contributed by atoms with Crippen LogP contribution < -0.4 is 4.90 Å². The van der Waals surface area contributed by atoms with Gasteiger partial charge >= 0.3 is 0 Å². The van der Waals surface area contributed by atoms with E-state index in [1.807, 2.05) is 25.2 Å². The summed E-state index contributed by atoms with van der Waals surface area (Å²) >= 11 is 0. The van der Waals surface area contributed by atoms with Gasteiger partial charge in [0.1, 0.15) is 0 Å². The molecule has 0 bridgehead atoms. The smallest absolute Gasteiger partial charge is 0.0682 e. The largest absolute Gasteiger partial charge is 0.392 e. The molecule has 0 heterocycles. The van der Waals surface area contributed by atoms with E-state index in [-0.39, 0.29) is 13.2 Å². The van der Waals surface area contributed by atoms with Gasteiger partial charge < -0.3 is 15.1 Å². The first-order chi connectivity index (χ1) is 7.08. The second-order valence-electron chi connectivity index (χ2n) is 4.03. The Labute approximate surface area is 91.0 Å². The van der Waals surface area contributed by atoms with Gasteiger partial charge in [-0.3, -0.25) is 0 Å². The quantitative estimate of drug-likeness (QED) is 0.790. The van der Waals surface area contributed by atoms with Gasteiger partial charge in [0.15, 0.2) is 0 Å². The number of benzene rings is 1. The molecule has 15 heavy (non-hydrogen) atoms. The Morgan fingerprint density at radius 2 is 1.53 bits per heavy atom. The van der Waals surface area contributed by atoms with Gasteiger partial charge in [0, 0.05) is 18.8 Å². The van der Waals surface area contributed by atoms with E-state index < -0.39 is 0 Å². The molecule has 0 fully saturated rings. The molecule has 0 aliphatic heterocycles. The Balaban J connectivity index is 3.06. The van der Waals surface area contributed by atoms with Gasteiger partial charge in [0.25, 0.3) is 0 Å². The average molecular weight is 209 g/mol. The first-order valence-electron chi connectivity index (χ1n) is 5.16. The third-order valence-corrected chi connectivity index (χ3v) is 2.58. The molecule has 0 radical (unpaired) electrons. The summed E-state index contributed by atoms with van der Waals surface area (Å²) in [5.74, 6) is 0. The molecule has 0 saturated heterocycles. The lowest BCUT2D eigenvalue weighted by Gasteiger charge is -2.24. The van der Waals surface area contributed by atoms with Crippen LogP contribution in [0.25, 0.3) is 0 Å². The van der Waals surface area contributed by atoms with Crippen LogP contribution in [0.1, 0.15) is 25.0 Å². The predicted octanol–water partition coefficient (Wildman–Crippen LogP) is 1.52. The van der Waals surface area contributed by atoms with Gasteiger partial charge in [-0.15, -0.1) is 0 Å². The van der Waals surface area contributed by atoms with Crippen LogP contribution in [-0.4, -0.2) is 23.3 Å². The van der Waals surface area contributed by atoms with Crippen LogP contribution in [0.3, 0.4) is 0 Å². The lowest BCUT2D eigenvalue weighted by Crippen LogP contribution is -2.25. The monoisotopic (exact) mass is 209 g/mol. The number of hydrogen-bond acceptors (Lipinski definition) is 3. The molecule has 84 valence electrons. The third kappa shape index (κ3) is 2.94. The van der Waals surface area contributed by atoms with Crippen LogP contribution >= 0.6 is 0 Å². The van der Waals surface area contributed by atoms with Gasteiger partial charge in [-0.1, -0.05) is 6.07 Å². The number of rotatable bonds is 4. The lowest BCUT2D eigenvalue weighted by molar-refractivity contribution is 0.275. The Morgan fingerprint density at radius 3 is 1.87 bits per heavy atom. The van der Waals surface area contributed by atoms with Crippen molar-refractivity contribution in [2.75, 3.05) is 11.9 Å². The zero-order valence-corrected chi connectivity index (χ0v) is 9.57. The summed E-state index contributed by atoms with van der Waals surface area (Å²) in [6.45, 7) is 4.22. The molecular weight excluding hydrogens is 190 g/mol. The average Bonchev–Trinajstić information content (AvgIpc) is 2.27. The van der Waals surface area contributed by atoms with E-state index in [1.54, 1.807) is 0 Å². The minimum absolute atomic E-state index is 0.00672. The topological polar surface area (TPSA) is 43.7 Å². The molecule has 0 aliphatic carbocycles. The molecule has 0 atom stereocenters. The summed E-state index contributed by atoms with van der Waals surface area (Å²) in [5.41, 5.74) is 2.70. The Hall–Kier alpha value is -1.06. The Morgan fingerprint density at radius 1 is 1.07 bits per heavy atom. The maximum absolute atomic E-state index is 9.10. The standard InChI is InChI=1S/C12H19NO2/c1-9(2)13(3)12-5-10(7-14)4-11(6-12)8-15/h4-6,9,14-15H,7-8H2,1-3H3. The normalized spacial score (nSPS) is 10.8. The van der Waals surface area contributed by atoms with Crippen LogP contribution in [0.15, 0.2) is 18.2 Å². The Kier molecular flexibility index (Phi) is 4.12. The zero-order valence-electron chi connectivity index (χ0n) is 9.57. The molecular formula is C12H19NO2. The second kappa shape index (κ2) is 5.14. The summed E-state index contributed by atoms with van der Waals surface area (Å²) in [6.07, 6.45) is 0. The second-order valence-corrected chi connectivity index (χ2v) is 4.03. The Bertz CT molecular complexity index is 301. The number of aliphatic hydroxyl groups excluding tert-OH is 2. The minimum Gasteiger partial charge on any atom is -0.392 e. The van der Waals surface area contributed by atoms with E-state index in [4.69, 9.17) is 10.2 Å². The third-order valence-electron chi connectivity index (χ3n) is 2.58. The molecule has 0 saturated carbocycles. The summed E-state index contributed by atoms with van der Waals surface area (Å²) in [6, 6.07) is 6.10. The highest BCUT2D eigenvalue weighted by Gasteiger charge is 2.07. The van der Waals surface area contributed by atoms with Crippen LogP contribution in [0, 0.1) is 0 Å². The number of hydrogen-bond donors (Lipinski definition) is 2. The highest BCUT2D eigenvalue weighted by Crippen LogP contribution is 2.20. The van der Waals surface area contributed by atoms with Crippen LogP contribution in [0.5, 0.6) is 0 Å². The van der Waals surface area contributed by atoms with Gasteiger partial charge in [0.05, 0.1) is 13.2 Å². The van der Waals surface area contributed by atoms with Crippen molar-refractivity contribution in [2.45, 2.75) is 33.1 Å². The fourth-order valence-corrected chi connectivity index (χ4v) is 1.43. The van der Waals surface area contributed by atoms with E-state index in [1.165, 1.54) is 0 Å². The fraction of sp³-hybridized carbons (Fsp3) is 0.500. The highest BCUT2D eigenvalue weighted by molar-refractivity contribution is 5.51. The van der Waals surface area contributed by atoms with Gasteiger partial charge in [-0.2, -0.15) is 0 Å². The molecule has 3 heteroatoms. The van der Waals surface area contributed by atoms with Crippen LogP contribution in [0.2, 0.25) is 0 Å². The SMILES string of the molecule is CC(C)N(C)c1cc(CO)cc(CO)c1. The van der Waals surface area contributed by atoms with Crippen LogP contribution in [0.4, 0.5) is 5.69 Å². The van der Waals surface area contributed by atoms with Crippen molar-refractivity contribution in [2.24, 2.45) is 0 Å².